The van der Waals surface area contributed by atoms with Crippen molar-refractivity contribution in [1.82, 2.24) is 4.72 Å². The van der Waals surface area contributed by atoms with Gasteiger partial charge in [0.25, 0.3) is 0 Å². The van der Waals surface area contributed by atoms with Gasteiger partial charge in [0.15, 0.2) is 0 Å². The van der Waals surface area contributed by atoms with Gasteiger partial charge in [-0.15, -0.1) is 0 Å². The first-order valence-corrected chi connectivity index (χ1v) is 7.30. The average Bonchev–Trinajstić information content (AvgIpc) is 2.26. The molecule has 0 aliphatic rings. The molecule has 20 heavy (non-hydrogen) atoms. The Morgan fingerprint density at radius 3 is 2.35 bits per heavy atom. The minimum absolute atomic E-state index is 0.101. The monoisotopic (exact) mass is 302 g/mol. The SMILES string of the molecule is CC(O)C(C)(C)NS(=O)(=O)c1ccc(C(=O)O)cc1N. The number of carbonyl (C=O) groups is 1. The summed E-state index contributed by atoms with van der Waals surface area (Å²) in [6.45, 7) is 4.51. The second kappa shape index (κ2) is 5.39. The molecular weight excluding hydrogens is 284 g/mol. The van der Waals surface area contributed by atoms with E-state index in [1.165, 1.54) is 20.8 Å². The molecule has 0 bridgehead atoms. The number of rotatable bonds is 5. The Morgan fingerprint density at radius 2 is 1.95 bits per heavy atom. The van der Waals surface area contributed by atoms with Crippen LogP contribution in [0.15, 0.2) is 23.1 Å². The third kappa shape index (κ3) is 3.47. The highest BCUT2D eigenvalue weighted by Gasteiger charge is 2.31. The highest BCUT2D eigenvalue weighted by Crippen LogP contribution is 2.22. The number of nitrogen functional groups attached to an aromatic ring is 1. The molecule has 0 aliphatic heterocycles. The maximum Gasteiger partial charge on any atom is 0.335 e. The van der Waals surface area contributed by atoms with Crippen molar-refractivity contribution >= 4 is 21.7 Å². The van der Waals surface area contributed by atoms with E-state index in [1.54, 1.807) is 0 Å². The summed E-state index contributed by atoms with van der Waals surface area (Å²) < 4.78 is 26.7. The van der Waals surface area contributed by atoms with Crippen molar-refractivity contribution in [3.05, 3.63) is 23.8 Å². The van der Waals surface area contributed by atoms with Crippen LogP contribution in [0, 0.1) is 0 Å². The molecule has 1 atom stereocenters. The van der Waals surface area contributed by atoms with Crippen LogP contribution in [0.2, 0.25) is 0 Å². The van der Waals surface area contributed by atoms with Crippen LogP contribution in [-0.2, 0) is 10.0 Å². The lowest BCUT2D eigenvalue weighted by Crippen LogP contribution is -2.50. The molecule has 0 fully saturated rings. The summed E-state index contributed by atoms with van der Waals surface area (Å²) in [7, 11) is -3.96. The Kier molecular flexibility index (Phi) is 4.42. The van der Waals surface area contributed by atoms with Gasteiger partial charge in [-0.2, -0.15) is 0 Å². The molecule has 0 amide bonds. The fourth-order valence-corrected chi connectivity index (χ4v) is 3.00. The van der Waals surface area contributed by atoms with Gasteiger partial charge < -0.3 is 15.9 Å². The van der Waals surface area contributed by atoms with Gasteiger partial charge in [0.1, 0.15) is 4.90 Å². The predicted molar refractivity (Wildman–Crippen MR) is 73.9 cm³/mol. The van der Waals surface area contributed by atoms with Crippen molar-refractivity contribution in [2.45, 2.75) is 37.3 Å². The summed E-state index contributed by atoms with van der Waals surface area (Å²) in [5.74, 6) is -1.20. The average molecular weight is 302 g/mol. The summed E-state index contributed by atoms with van der Waals surface area (Å²) in [6.07, 6.45) is -0.920. The van der Waals surface area contributed by atoms with Gasteiger partial charge in [0.05, 0.1) is 22.9 Å². The number of aromatic carboxylic acids is 1. The van der Waals surface area contributed by atoms with E-state index >= 15 is 0 Å². The van der Waals surface area contributed by atoms with E-state index in [2.05, 4.69) is 4.72 Å². The van der Waals surface area contributed by atoms with Gasteiger partial charge in [-0.25, -0.2) is 17.9 Å². The lowest BCUT2D eigenvalue weighted by molar-refractivity contribution is 0.0697. The zero-order chi connectivity index (χ0) is 15.7. The van der Waals surface area contributed by atoms with Crippen molar-refractivity contribution in [3.63, 3.8) is 0 Å². The molecule has 0 aromatic heterocycles. The van der Waals surface area contributed by atoms with Crippen molar-refractivity contribution in [2.75, 3.05) is 5.73 Å². The molecule has 0 heterocycles. The molecule has 1 rings (SSSR count). The maximum absolute atomic E-state index is 12.2. The molecule has 1 aromatic carbocycles. The fourth-order valence-electron chi connectivity index (χ4n) is 1.41. The molecule has 7 nitrogen and oxygen atoms in total. The minimum Gasteiger partial charge on any atom is -0.478 e. The van der Waals surface area contributed by atoms with E-state index < -0.39 is 27.6 Å². The van der Waals surface area contributed by atoms with Crippen molar-refractivity contribution in [2.24, 2.45) is 0 Å². The first-order valence-electron chi connectivity index (χ1n) is 5.82. The molecule has 0 spiro atoms. The van der Waals surface area contributed by atoms with E-state index in [0.717, 1.165) is 18.2 Å². The topological polar surface area (TPSA) is 130 Å². The summed E-state index contributed by atoms with van der Waals surface area (Å²) in [4.78, 5) is 10.6. The van der Waals surface area contributed by atoms with Crippen LogP contribution in [0.5, 0.6) is 0 Å². The number of aliphatic hydroxyl groups excluding tert-OH is 1. The molecule has 0 saturated carbocycles. The largest absolute Gasteiger partial charge is 0.478 e. The van der Waals surface area contributed by atoms with Gasteiger partial charge in [-0.3, -0.25) is 0 Å². The van der Waals surface area contributed by atoms with Gasteiger partial charge in [0, 0.05) is 0 Å². The Labute approximate surface area is 117 Å². The molecule has 8 heteroatoms. The number of nitrogens with one attached hydrogen (secondary N) is 1. The van der Waals surface area contributed by atoms with Crippen molar-refractivity contribution < 1.29 is 23.4 Å². The van der Waals surface area contributed by atoms with E-state index in [9.17, 15) is 18.3 Å². The van der Waals surface area contributed by atoms with E-state index in [0.29, 0.717) is 0 Å². The van der Waals surface area contributed by atoms with Gasteiger partial charge in [0.2, 0.25) is 10.0 Å². The highest BCUT2D eigenvalue weighted by atomic mass is 32.2. The third-order valence-electron chi connectivity index (χ3n) is 2.99. The number of benzene rings is 1. The molecule has 1 aromatic rings. The normalized spacial score (nSPS) is 14.0. The number of hydrogen-bond acceptors (Lipinski definition) is 5. The van der Waals surface area contributed by atoms with Crippen LogP contribution in [0.25, 0.3) is 0 Å². The second-order valence-corrected chi connectivity index (χ2v) is 6.71. The Morgan fingerprint density at radius 1 is 1.40 bits per heavy atom. The number of anilines is 1. The van der Waals surface area contributed by atoms with E-state index in [1.807, 2.05) is 0 Å². The number of carboxylic acids is 1. The zero-order valence-corrected chi connectivity index (χ0v) is 12.2. The Hall–Kier alpha value is -1.64. The number of sulfonamides is 1. The minimum atomic E-state index is -3.96. The summed E-state index contributed by atoms with van der Waals surface area (Å²) in [5.41, 5.74) is 4.24. The van der Waals surface area contributed by atoms with Crippen molar-refractivity contribution in [1.29, 1.82) is 0 Å². The number of nitrogens with two attached hydrogens (primary N) is 1. The molecule has 112 valence electrons. The van der Waals surface area contributed by atoms with Crippen molar-refractivity contribution in [3.8, 4) is 0 Å². The molecule has 0 saturated heterocycles. The summed E-state index contributed by atoms with van der Waals surface area (Å²) in [6, 6.07) is 3.36. The van der Waals surface area contributed by atoms with Crippen LogP contribution in [-0.4, -0.2) is 36.2 Å². The smallest absolute Gasteiger partial charge is 0.335 e. The number of hydrogen-bond donors (Lipinski definition) is 4. The molecule has 0 aliphatic carbocycles. The van der Waals surface area contributed by atoms with Gasteiger partial charge in [-0.05, 0) is 39.0 Å². The Balaban J connectivity index is 3.21. The van der Waals surface area contributed by atoms with Gasteiger partial charge in [-0.1, -0.05) is 0 Å². The lowest BCUT2D eigenvalue weighted by Gasteiger charge is -2.29. The fraction of sp³-hybridized carbons (Fsp3) is 0.417. The van der Waals surface area contributed by atoms with Crippen LogP contribution in [0.1, 0.15) is 31.1 Å². The lowest BCUT2D eigenvalue weighted by atomic mass is 10.0. The molecule has 1 unspecified atom stereocenters. The number of aliphatic hydroxyl groups is 1. The summed E-state index contributed by atoms with van der Waals surface area (Å²) in [5, 5.41) is 18.3. The number of carboxylic acid groups (broad SMARTS) is 1. The standard InChI is InChI=1S/C12H18N2O5S/c1-7(15)12(2,3)14-20(18,19)10-5-4-8(11(16)17)6-9(10)13/h4-7,14-15H,13H2,1-3H3,(H,16,17). The second-order valence-electron chi connectivity index (χ2n) is 5.06. The quantitative estimate of drug-likeness (QED) is 0.583. The predicted octanol–water partition coefficient (Wildman–Crippen LogP) is 0.405. The molecule has 0 radical (unpaired) electrons. The van der Waals surface area contributed by atoms with Gasteiger partial charge >= 0.3 is 5.97 Å². The van der Waals surface area contributed by atoms with Crippen LogP contribution >= 0.6 is 0 Å². The van der Waals surface area contributed by atoms with E-state index in [-0.39, 0.29) is 16.1 Å². The van der Waals surface area contributed by atoms with Crippen LogP contribution < -0.4 is 10.5 Å². The highest BCUT2D eigenvalue weighted by molar-refractivity contribution is 7.89. The zero-order valence-electron chi connectivity index (χ0n) is 11.4. The summed E-state index contributed by atoms with van der Waals surface area (Å²) >= 11 is 0. The first kappa shape index (κ1) is 16.4. The third-order valence-corrected chi connectivity index (χ3v) is 4.73. The Bertz CT molecular complexity index is 623. The molecular formula is C12H18N2O5S. The first-order chi connectivity index (χ1) is 8.97. The van der Waals surface area contributed by atoms with Crippen LogP contribution in [0.3, 0.4) is 0 Å². The maximum atomic E-state index is 12.2. The van der Waals surface area contributed by atoms with E-state index in [4.69, 9.17) is 10.8 Å². The van der Waals surface area contributed by atoms with Crippen LogP contribution in [0.4, 0.5) is 5.69 Å². The molecule has 5 N–H and O–H groups in total.